The zero-order chi connectivity index (χ0) is 37.7. The van der Waals surface area contributed by atoms with Crippen molar-refractivity contribution in [2.24, 2.45) is 0 Å². The van der Waals surface area contributed by atoms with Crippen molar-refractivity contribution >= 4 is 13.8 Å². The smallest absolute Gasteiger partial charge is 0.463 e. The summed E-state index contributed by atoms with van der Waals surface area (Å²) >= 11 is 0. The number of hydrogen-bond donors (Lipinski definition) is 1. The highest BCUT2D eigenvalue weighted by Gasteiger charge is 2.25. The van der Waals surface area contributed by atoms with Gasteiger partial charge in [-0.05, 0) is 44.9 Å². The molecule has 0 aliphatic rings. The molecule has 0 radical (unpaired) electrons. The number of esters is 1. The normalized spacial score (nSPS) is 14.1. The van der Waals surface area contributed by atoms with Crippen LogP contribution in [0, 0.1) is 0 Å². The number of ether oxygens (including phenoxy) is 2. The Hall–Kier alpha value is -1.02. The molecule has 1 unspecified atom stereocenters. The molecule has 1 N–H and O–H groups in total. The molecule has 0 saturated carbocycles. The zero-order valence-electron chi connectivity index (χ0n) is 34.1. The molecular weight excluding hydrogens is 661 g/mol. The Morgan fingerprint density at radius 2 is 1.08 bits per heavy atom. The average Bonchev–Trinajstić information content (AvgIpc) is 3.08. The molecule has 51 heavy (non-hydrogen) atoms. The van der Waals surface area contributed by atoms with E-state index in [0.29, 0.717) is 24.1 Å². The van der Waals surface area contributed by atoms with Crippen molar-refractivity contribution in [3.05, 3.63) is 24.3 Å². The summed E-state index contributed by atoms with van der Waals surface area (Å²) in [5.41, 5.74) is 0. The lowest BCUT2D eigenvalue weighted by Gasteiger charge is -2.24. The van der Waals surface area contributed by atoms with Crippen LogP contribution in [0.4, 0.5) is 0 Å². The number of carbonyl (C=O) groups is 1. The highest BCUT2D eigenvalue weighted by molar-refractivity contribution is 7.47. The molecule has 0 aromatic rings. The maximum Gasteiger partial charge on any atom is 0.472 e. The summed E-state index contributed by atoms with van der Waals surface area (Å²) in [5.74, 6) is -0.258. The van der Waals surface area contributed by atoms with Crippen LogP contribution in [-0.4, -0.2) is 75.6 Å². The Morgan fingerprint density at radius 3 is 1.63 bits per heavy atom. The van der Waals surface area contributed by atoms with Gasteiger partial charge in [0.2, 0.25) is 0 Å². The van der Waals surface area contributed by atoms with Gasteiger partial charge in [-0.3, -0.25) is 13.8 Å². The highest BCUT2D eigenvalue weighted by Crippen LogP contribution is 2.43. The third-order valence-corrected chi connectivity index (χ3v) is 10.0. The lowest BCUT2D eigenvalue weighted by atomic mass is 10.0. The van der Waals surface area contributed by atoms with Gasteiger partial charge in [-0.2, -0.15) is 0 Å². The van der Waals surface area contributed by atoms with Crippen LogP contribution in [0.3, 0.4) is 0 Å². The Labute approximate surface area is 315 Å². The van der Waals surface area contributed by atoms with E-state index < -0.39 is 13.9 Å². The molecule has 0 heterocycles. The second-order valence-electron chi connectivity index (χ2n) is 15.4. The van der Waals surface area contributed by atoms with Gasteiger partial charge in [0, 0.05) is 13.0 Å². The number of likely N-dealkylation sites (N-methyl/N-ethyl adjacent to an activating group) is 1. The van der Waals surface area contributed by atoms with Gasteiger partial charge in [-0.1, -0.05) is 154 Å². The average molecular weight is 745 g/mol. The summed E-state index contributed by atoms with van der Waals surface area (Å²) in [6.07, 6.45) is 39.3. The summed E-state index contributed by atoms with van der Waals surface area (Å²) in [6.45, 7) is 5.48. The maximum atomic E-state index is 12.5. The molecule has 0 bridgehead atoms. The number of nitrogens with zero attached hydrogens (tertiary/aromatic N) is 1. The minimum Gasteiger partial charge on any atom is -0.463 e. The Morgan fingerprint density at radius 1 is 0.608 bits per heavy atom. The molecule has 2 atom stereocenters. The third kappa shape index (κ3) is 40.0. The lowest BCUT2D eigenvalue weighted by molar-refractivity contribution is -0.870. The summed E-state index contributed by atoms with van der Waals surface area (Å²) < 4.78 is 35.0. The fourth-order valence-electron chi connectivity index (χ4n) is 5.67. The number of carbonyl (C=O) groups excluding carboxylic acids is 1. The van der Waals surface area contributed by atoms with Crippen molar-refractivity contribution in [2.75, 3.05) is 54.1 Å². The molecule has 0 aromatic carbocycles. The predicted octanol–water partition coefficient (Wildman–Crippen LogP) is 12.0. The lowest BCUT2D eigenvalue weighted by Crippen LogP contribution is -2.37. The molecule has 0 aliphatic carbocycles. The molecule has 0 amide bonds. The number of quaternary nitrogens is 1. The zero-order valence-corrected chi connectivity index (χ0v) is 35.0. The van der Waals surface area contributed by atoms with E-state index in [1.165, 1.54) is 109 Å². The summed E-state index contributed by atoms with van der Waals surface area (Å²) in [6, 6.07) is 0. The second-order valence-corrected chi connectivity index (χ2v) is 16.8. The molecule has 0 aliphatic heterocycles. The predicted molar refractivity (Wildman–Crippen MR) is 215 cm³/mol. The van der Waals surface area contributed by atoms with Gasteiger partial charge in [0.05, 0.1) is 27.7 Å². The topological polar surface area (TPSA) is 91.3 Å². The first-order chi connectivity index (χ1) is 24.6. The van der Waals surface area contributed by atoms with Crippen LogP contribution >= 0.6 is 7.82 Å². The summed E-state index contributed by atoms with van der Waals surface area (Å²) in [5, 5.41) is 0. The SMILES string of the molecule is CCCCC/C=C\C/C=C\CCCCCCCCO[C@H](COC(=O)CCCCCCCCCCCCCCC)COP(=O)(O)OCC[N+](C)(C)C. The van der Waals surface area contributed by atoms with Crippen LogP contribution in [0.1, 0.15) is 181 Å². The van der Waals surface area contributed by atoms with E-state index in [2.05, 4.69) is 38.2 Å². The van der Waals surface area contributed by atoms with E-state index in [4.69, 9.17) is 18.5 Å². The van der Waals surface area contributed by atoms with E-state index in [1.807, 2.05) is 21.1 Å². The fourth-order valence-corrected chi connectivity index (χ4v) is 6.42. The molecule has 0 aromatic heterocycles. The fraction of sp³-hybridized carbons (Fsp3) is 0.881. The first-order valence-electron chi connectivity index (χ1n) is 21.1. The van der Waals surface area contributed by atoms with Crippen molar-refractivity contribution in [1.29, 1.82) is 0 Å². The third-order valence-electron chi connectivity index (χ3n) is 9.05. The highest BCUT2D eigenvalue weighted by atomic mass is 31.2. The van der Waals surface area contributed by atoms with Crippen LogP contribution in [0.2, 0.25) is 0 Å². The van der Waals surface area contributed by atoms with E-state index in [-0.39, 0.29) is 25.8 Å². The van der Waals surface area contributed by atoms with E-state index in [9.17, 15) is 14.3 Å². The maximum absolute atomic E-state index is 12.5. The van der Waals surface area contributed by atoms with Gasteiger partial charge in [0.25, 0.3) is 0 Å². The first-order valence-corrected chi connectivity index (χ1v) is 22.6. The quantitative estimate of drug-likeness (QED) is 0.0220. The number of phosphoric ester groups is 1. The second kappa shape index (κ2) is 36.0. The molecule has 0 rings (SSSR count). The van der Waals surface area contributed by atoms with Gasteiger partial charge < -0.3 is 18.9 Å². The number of unbranched alkanes of at least 4 members (excludes halogenated alkanes) is 21. The van der Waals surface area contributed by atoms with Crippen LogP contribution in [0.25, 0.3) is 0 Å². The first kappa shape index (κ1) is 50.0. The van der Waals surface area contributed by atoms with Crippen LogP contribution in [-0.2, 0) is 27.9 Å². The number of phosphoric acid groups is 1. The van der Waals surface area contributed by atoms with E-state index in [1.54, 1.807) is 0 Å². The minimum atomic E-state index is -4.24. The van der Waals surface area contributed by atoms with Crippen molar-refractivity contribution in [3.8, 4) is 0 Å². The van der Waals surface area contributed by atoms with Crippen LogP contribution < -0.4 is 0 Å². The standard InChI is InChI=1S/C42H82NO7P/c1-6-8-10-12-14-16-18-20-21-22-24-26-28-30-32-34-37-47-41(40-50-51(45,46)49-38-36-43(3,4)5)39-48-42(44)35-33-31-29-27-25-23-19-17-15-13-11-9-7-2/h14,16,20-21,41H,6-13,15,17-19,22-40H2,1-5H3/p+1/b16-14-,21-20-/t41-/m1/s1. The van der Waals surface area contributed by atoms with Gasteiger partial charge in [0.15, 0.2) is 0 Å². The molecule has 302 valence electrons. The largest absolute Gasteiger partial charge is 0.472 e. The summed E-state index contributed by atoms with van der Waals surface area (Å²) in [4.78, 5) is 22.6. The molecule has 9 heteroatoms. The van der Waals surface area contributed by atoms with E-state index in [0.717, 1.165) is 51.4 Å². The molecule has 8 nitrogen and oxygen atoms in total. The van der Waals surface area contributed by atoms with Gasteiger partial charge in [-0.15, -0.1) is 0 Å². The monoisotopic (exact) mass is 745 g/mol. The van der Waals surface area contributed by atoms with Gasteiger partial charge >= 0.3 is 13.8 Å². The Bertz CT molecular complexity index is 874. The van der Waals surface area contributed by atoms with Crippen LogP contribution in [0.5, 0.6) is 0 Å². The molecule has 0 spiro atoms. The van der Waals surface area contributed by atoms with Crippen molar-refractivity contribution in [3.63, 3.8) is 0 Å². The molecule has 0 fully saturated rings. The van der Waals surface area contributed by atoms with Crippen molar-refractivity contribution < 1.29 is 37.3 Å². The summed E-state index contributed by atoms with van der Waals surface area (Å²) in [7, 11) is 1.71. The van der Waals surface area contributed by atoms with E-state index >= 15 is 0 Å². The molecular formula is C42H83NO7P+. The van der Waals surface area contributed by atoms with Crippen molar-refractivity contribution in [1.82, 2.24) is 0 Å². The van der Waals surface area contributed by atoms with Crippen molar-refractivity contribution in [2.45, 2.75) is 187 Å². The van der Waals surface area contributed by atoms with Gasteiger partial charge in [0.1, 0.15) is 25.9 Å². The molecule has 0 saturated heterocycles. The minimum absolute atomic E-state index is 0.00166. The van der Waals surface area contributed by atoms with Gasteiger partial charge in [-0.25, -0.2) is 4.57 Å². The number of allylic oxidation sites excluding steroid dienone is 4. The number of hydrogen-bond acceptors (Lipinski definition) is 6. The Balaban J connectivity index is 4.26. The van der Waals surface area contributed by atoms with Crippen LogP contribution in [0.15, 0.2) is 24.3 Å². The number of rotatable bonds is 39. The Kier molecular flexibility index (Phi) is 35.3.